The molecule has 1 heterocycles. The first kappa shape index (κ1) is 48.2. The summed E-state index contributed by atoms with van der Waals surface area (Å²) >= 11 is 0. The smallest absolute Gasteiger partial charge is 0.315 e. The fourth-order valence-corrected chi connectivity index (χ4v) is 6.40. The van der Waals surface area contributed by atoms with Gasteiger partial charge in [-0.05, 0) is 104 Å². The van der Waals surface area contributed by atoms with Gasteiger partial charge in [0.05, 0.1) is 13.2 Å². The van der Waals surface area contributed by atoms with Gasteiger partial charge in [0.15, 0.2) is 0 Å². The molecule has 0 spiro atoms. The minimum absolute atomic E-state index is 0.364. The molecular weight excluding hydrogens is 657 g/mol. The lowest BCUT2D eigenvalue weighted by Crippen LogP contribution is -2.42. The van der Waals surface area contributed by atoms with Crippen LogP contribution in [0.25, 0.3) is 0 Å². The highest BCUT2D eigenvalue weighted by atomic mass is 16.5. The number of aromatic nitrogens is 1. The predicted molar refractivity (Wildman–Crippen MR) is 227 cm³/mol. The summed E-state index contributed by atoms with van der Waals surface area (Å²) in [6, 6.07) is 3.58. The van der Waals surface area contributed by atoms with Crippen LogP contribution in [0, 0.1) is 0 Å². The fraction of sp³-hybridized carbons (Fsp3) is 0.702. The molecule has 6 nitrogen and oxygen atoms in total. The molecule has 0 amide bonds. The molecule has 53 heavy (non-hydrogen) atoms. The summed E-state index contributed by atoms with van der Waals surface area (Å²) in [5.74, 6) is 0.0244. The zero-order valence-electron chi connectivity index (χ0n) is 34.9. The van der Waals surface area contributed by atoms with Crippen LogP contribution in [0.1, 0.15) is 180 Å². The van der Waals surface area contributed by atoms with E-state index in [1.807, 2.05) is 19.0 Å². The first-order chi connectivity index (χ1) is 25.8. The molecule has 1 N–H and O–H groups in total. The number of carboxylic acids is 1. The first-order valence-corrected chi connectivity index (χ1v) is 21.6. The molecular formula is C47H80N2O4. The van der Waals surface area contributed by atoms with E-state index in [0.29, 0.717) is 37.1 Å². The number of hydrogen-bond donors (Lipinski definition) is 1. The Bertz CT molecular complexity index is 1070. The van der Waals surface area contributed by atoms with Crippen LogP contribution < -0.4 is 9.47 Å². The van der Waals surface area contributed by atoms with Crippen LogP contribution in [-0.4, -0.2) is 54.8 Å². The van der Waals surface area contributed by atoms with Gasteiger partial charge < -0.3 is 19.5 Å². The Morgan fingerprint density at radius 1 is 0.604 bits per heavy atom. The highest BCUT2D eigenvalue weighted by molar-refractivity contribution is 5.81. The van der Waals surface area contributed by atoms with Crippen LogP contribution in [0.15, 0.2) is 60.7 Å². The number of nitrogens with zero attached hydrogens (tertiary/aromatic N) is 2. The van der Waals surface area contributed by atoms with E-state index in [1.54, 1.807) is 19.1 Å². The maximum absolute atomic E-state index is 12.5. The molecule has 1 aromatic rings. The van der Waals surface area contributed by atoms with Crippen molar-refractivity contribution in [2.45, 2.75) is 180 Å². The minimum Gasteiger partial charge on any atom is -0.481 e. The number of unbranched alkanes of at least 4 members (excludes halogenated alkanes) is 18. The van der Waals surface area contributed by atoms with E-state index in [0.717, 1.165) is 51.4 Å². The van der Waals surface area contributed by atoms with Crippen molar-refractivity contribution in [2.75, 3.05) is 33.9 Å². The van der Waals surface area contributed by atoms with Crippen molar-refractivity contribution in [1.29, 1.82) is 0 Å². The largest absolute Gasteiger partial charge is 0.481 e. The van der Waals surface area contributed by atoms with E-state index in [4.69, 9.17) is 9.47 Å². The Labute approximate surface area is 326 Å². The van der Waals surface area contributed by atoms with Gasteiger partial charge in [-0.3, -0.25) is 4.79 Å². The molecule has 1 rings (SSSR count). The molecule has 6 heteroatoms. The summed E-state index contributed by atoms with van der Waals surface area (Å²) < 4.78 is 12.2. The highest BCUT2D eigenvalue weighted by Crippen LogP contribution is 2.31. The maximum Gasteiger partial charge on any atom is 0.315 e. The van der Waals surface area contributed by atoms with Gasteiger partial charge in [-0.25, -0.2) is 0 Å². The van der Waals surface area contributed by atoms with E-state index in [-0.39, 0.29) is 0 Å². The van der Waals surface area contributed by atoms with Gasteiger partial charge in [0.25, 0.3) is 0 Å². The van der Waals surface area contributed by atoms with Gasteiger partial charge in [0.2, 0.25) is 11.8 Å². The summed E-state index contributed by atoms with van der Waals surface area (Å²) in [5, 5.41) is 10.2. The van der Waals surface area contributed by atoms with Crippen LogP contribution in [0.2, 0.25) is 0 Å². The summed E-state index contributed by atoms with van der Waals surface area (Å²) in [4.78, 5) is 19.0. The Hall–Kier alpha value is -2.86. The molecule has 0 aliphatic rings. The Balaban J connectivity index is 2.41. The lowest BCUT2D eigenvalue weighted by atomic mass is 9.82. The normalized spacial score (nSPS) is 13.3. The SMILES string of the molecule is CCCCC/C=C\C/C=C\CCCCCCCCOc1cc(C(C)(CN(C)C)C(=O)O)cc(OCCCCCCCC/C=C\C/C=C\CCCCC)n1. The second-order valence-corrected chi connectivity index (χ2v) is 15.3. The first-order valence-electron chi connectivity index (χ1n) is 21.6. The number of allylic oxidation sites excluding steroid dienone is 8. The van der Waals surface area contributed by atoms with Gasteiger partial charge in [0, 0.05) is 18.7 Å². The number of likely N-dealkylation sites (N-methyl/N-ethyl adjacent to an activating group) is 1. The number of carbonyl (C=O) groups is 1. The number of carboxylic acid groups (broad SMARTS) is 1. The monoisotopic (exact) mass is 737 g/mol. The molecule has 0 bridgehead atoms. The van der Waals surface area contributed by atoms with Crippen LogP contribution in [0.3, 0.4) is 0 Å². The van der Waals surface area contributed by atoms with Crippen molar-refractivity contribution in [3.05, 3.63) is 66.3 Å². The maximum atomic E-state index is 12.5. The quantitative estimate of drug-likeness (QED) is 0.0546. The average Bonchev–Trinajstić information content (AvgIpc) is 3.13. The lowest BCUT2D eigenvalue weighted by Gasteiger charge is -2.29. The molecule has 0 fully saturated rings. The number of rotatable bonds is 36. The van der Waals surface area contributed by atoms with Gasteiger partial charge in [-0.1, -0.05) is 140 Å². The summed E-state index contributed by atoms with van der Waals surface area (Å²) in [6.07, 6.45) is 47.2. The third-order valence-electron chi connectivity index (χ3n) is 9.71. The molecule has 0 aliphatic carbocycles. The predicted octanol–water partition coefficient (Wildman–Crippen LogP) is 13.4. The molecule has 0 aliphatic heterocycles. The molecule has 1 atom stereocenters. The van der Waals surface area contributed by atoms with Gasteiger partial charge in [-0.15, -0.1) is 0 Å². The summed E-state index contributed by atoms with van der Waals surface area (Å²) in [7, 11) is 3.79. The molecule has 0 aromatic carbocycles. The van der Waals surface area contributed by atoms with Crippen molar-refractivity contribution in [3.63, 3.8) is 0 Å². The van der Waals surface area contributed by atoms with Crippen LogP contribution in [0.5, 0.6) is 11.8 Å². The Morgan fingerprint density at radius 2 is 0.962 bits per heavy atom. The summed E-state index contributed by atoms with van der Waals surface area (Å²) in [5.41, 5.74) is -0.448. The van der Waals surface area contributed by atoms with Gasteiger partial charge in [-0.2, -0.15) is 4.98 Å². The van der Waals surface area contributed by atoms with Gasteiger partial charge in [0.1, 0.15) is 5.41 Å². The molecule has 1 unspecified atom stereocenters. The standard InChI is InChI=1S/C47H80N2O4/c1-6-8-10-12-14-16-18-20-22-24-26-28-30-32-34-36-38-52-44-40-43(47(3,46(50)51)42-49(4)5)41-45(48-44)53-39-37-35-33-31-29-27-25-23-21-19-17-15-13-11-9-7-2/h14-17,20-23,40-41H,6-13,18-19,24-39,42H2,1-5H3,(H,50,51)/b16-14-,17-15-,22-20-,23-21-. The Morgan fingerprint density at radius 3 is 1.32 bits per heavy atom. The fourth-order valence-electron chi connectivity index (χ4n) is 6.40. The third-order valence-corrected chi connectivity index (χ3v) is 9.71. The van der Waals surface area contributed by atoms with Gasteiger partial charge >= 0.3 is 5.97 Å². The van der Waals surface area contributed by atoms with Crippen LogP contribution in [0.4, 0.5) is 0 Å². The third kappa shape index (κ3) is 26.5. The van der Waals surface area contributed by atoms with E-state index in [2.05, 4.69) is 67.4 Å². The zero-order chi connectivity index (χ0) is 38.7. The molecule has 1 aromatic heterocycles. The second-order valence-electron chi connectivity index (χ2n) is 15.3. The van der Waals surface area contributed by atoms with Crippen molar-refractivity contribution in [2.24, 2.45) is 0 Å². The van der Waals surface area contributed by atoms with Crippen LogP contribution >= 0.6 is 0 Å². The van der Waals surface area contributed by atoms with Crippen LogP contribution in [-0.2, 0) is 10.2 Å². The molecule has 0 saturated heterocycles. The van der Waals surface area contributed by atoms with Crippen molar-refractivity contribution in [1.82, 2.24) is 9.88 Å². The number of ether oxygens (including phenoxy) is 2. The van der Waals surface area contributed by atoms with E-state index < -0.39 is 11.4 Å². The topological polar surface area (TPSA) is 71.9 Å². The summed E-state index contributed by atoms with van der Waals surface area (Å²) in [6.45, 7) is 7.76. The second kappa shape index (κ2) is 33.7. The zero-order valence-corrected chi connectivity index (χ0v) is 34.9. The minimum atomic E-state index is -1.11. The number of pyridine rings is 1. The van der Waals surface area contributed by atoms with Crippen molar-refractivity contribution in [3.8, 4) is 11.8 Å². The van der Waals surface area contributed by atoms with E-state index in [1.165, 1.54) is 103 Å². The molecule has 302 valence electrons. The molecule has 0 saturated carbocycles. The van der Waals surface area contributed by atoms with E-state index in [9.17, 15) is 9.90 Å². The van der Waals surface area contributed by atoms with E-state index >= 15 is 0 Å². The average molecular weight is 737 g/mol. The van der Waals surface area contributed by atoms with Crippen molar-refractivity contribution < 1.29 is 19.4 Å². The highest BCUT2D eigenvalue weighted by Gasteiger charge is 2.37. The molecule has 0 radical (unpaired) electrons. The lowest BCUT2D eigenvalue weighted by molar-refractivity contribution is -0.143. The number of hydrogen-bond acceptors (Lipinski definition) is 5. The number of aliphatic carboxylic acids is 1. The Kier molecular flexibility index (Phi) is 30.6. The van der Waals surface area contributed by atoms with Crippen molar-refractivity contribution >= 4 is 5.97 Å².